The average molecular weight is 464 g/mol. The van der Waals surface area contributed by atoms with E-state index in [1.807, 2.05) is 48.2 Å². The number of anilines is 3. The van der Waals surface area contributed by atoms with Gasteiger partial charge in [0.15, 0.2) is 0 Å². The van der Waals surface area contributed by atoms with E-state index in [1.165, 1.54) is 0 Å². The Hall–Kier alpha value is -3.55. The van der Waals surface area contributed by atoms with Crippen LogP contribution in [0.3, 0.4) is 0 Å². The summed E-state index contributed by atoms with van der Waals surface area (Å²) in [7, 11) is 0. The summed E-state index contributed by atoms with van der Waals surface area (Å²) in [6.45, 7) is 7.69. The number of hydrogen-bond acceptors (Lipinski definition) is 4. The molecule has 2 heterocycles. The highest BCUT2D eigenvalue weighted by atomic mass is 16.2. The molecule has 0 spiro atoms. The second-order valence-corrected chi connectivity index (χ2v) is 8.91. The quantitative estimate of drug-likeness (QED) is 0.704. The lowest BCUT2D eigenvalue weighted by atomic mass is 10.1. The minimum Gasteiger partial charge on any atom is -0.367 e. The van der Waals surface area contributed by atoms with Crippen LogP contribution in [0.25, 0.3) is 0 Å². The van der Waals surface area contributed by atoms with E-state index >= 15 is 0 Å². The molecule has 0 bridgehead atoms. The fraction of sp³-hybridized carbons (Fsp3) is 0.423. The lowest BCUT2D eigenvalue weighted by molar-refractivity contribution is -0.115. The third kappa shape index (κ3) is 5.50. The fourth-order valence-electron chi connectivity index (χ4n) is 4.48. The predicted molar refractivity (Wildman–Crippen MR) is 134 cm³/mol. The average Bonchev–Trinajstić information content (AvgIpc) is 3.39. The lowest BCUT2D eigenvalue weighted by Gasteiger charge is -2.37. The molecule has 2 aliphatic rings. The summed E-state index contributed by atoms with van der Waals surface area (Å²) < 4.78 is 0. The predicted octanol–water partition coefficient (Wildman–Crippen LogP) is 3.93. The topological polar surface area (TPSA) is 85.0 Å². The van der Waals surface area contributed by atoms with Crippen molar-refractivity contribution in [3.63, 3.8) is 0 Å². The molecule has 8 nitrogen and oxygen atoms in total. The van der Waals surface area contributed by atoms with Crippen molar-refractivity contribution in [1.82, 2.24) is 9.80 Å². The van der Waals surface area contributed by atoms with Crippen molar-refractivity contribution in [1.29, 1.82) is 0 Å². The summed E-state index contributed by atoms with van der Waals surface area (Å²) in [5.74, 6) is -0.0831. The molecule has 2 aromatic rings. The maximum absolute atomic E-state index is 13.3. The molecule has 4 rings (SSSR count). The summed E-state index contributed by atoms with van der Waals surface area (Å²) in [5, 5.41) is 5.84. The first-order chi connectivity index (χ1) is 16.4. The van der Waals surface area contributed by atoms with Crippen molar-refractivity contribution in [3.8, 4) is 0 Å². The third-order valence-electron chi connectivity index (χ3n) is 6.40. The van der Waals surface area contributed by atoms with Crippen molar-refractivity contribution in [2.45, 2.75) is 33.1 Å². The van der Waals surface area contributed by atoms with Crippen LogP contribution in [0.2, 0.25) is 0 Å². The molecular formula is C26H33N5O3. The van der Waals surface area contributed by atoms with Crippen LogP contribution in [0.1, 0.15) is 42.1 Å². The van der Waals surface area contributed by atoms with Gasteiger partial charge in [0.25, 0.3) is 5.91 Å². The molecule has 0 unspecified atom stereocenters. The van der Waals surface area contributed by atoms with Gasteiger partial charge in [-0.2, -0.15) is 0 Å². The van der Waals surface area contributed by atoms with E-state index in [-0.39, 0.29) is 17.8 Å². The van der Waals surface area contributed by atoms with Gasteiger partial charge < -0.3 is 25.3 Å². The molecule has 2 saturated heterocycles. The number of hydrogen-bond donors (Lipinski definition) is 2. The van der Waals surface area contributed by atoms with E-state index in [9.17, 15) is 14.4 Å². The molecule has 0 aromatic heterocycles. The standard InChI is InChI=1S/C26H33N5O3/c1-3-24(32)27-21-9-10-23(22(18-21)25(33)30-11-4-5-12-30)29-13-15-31(16-14-29)26(34)28-20-8-6-7-19(2)17-20/h6-10,17-18H,3-5,11-16H2,1-2H3,(H,27,32)(H,28,34). The summed E-state index contributed by atoms with van der Waals surface area (Å²) >= 11 is 0. The van der Waals surface area contributed by atoms with Crippen molar-refractivity contribution in [3.05, 3.63) is 53.6 Å². The van der Waals surface area contributed by atoms with Gasteiger partial charge in [-0.25, -0.2) is 4.79 Å². The van der Waals surface area contributed by atoms with Crippen LogP contribution in [0.5, 0.6) is 0 Å². The van der Waals surface area contributed by atoms with E-state index < -0.39 is 0 Å². The van der Waals surface area contributed by atoms with Gasteiger partial charge in [-0.1, -0.05) is 19.1 Å². The van der Waals surface area contributed by atoms with Gasteiger partial charge in [0.2, 0.25) is 5.91 Å². The number of carbonyl (C=O) groups is 3. The number of rotatable bonds is 5. The Kier molecular flexibility index (Phi) is 7.35. The summed E-state index contributed by atoms with van der Waals surface area (Å²) in [6.07, 6.45) is 2.41. The number of likely N-dealkylation sites (tertiary alicyclic amines) is 1. The number of benzene rings is 2. The van der Waals surface area contributed by atoms with Crippen LogP contribution in [0.15, 0.2) is 42.5 Å². The zero-order chi connectivity index (χ0) is 24.1. The zero-order valence-electron chi connectivity index (χ0n) is 20.0. The molecule has 180 valence electrons. The molecule has 2 aliphatic heterocycles. The van der Waals surface area contributed by atoms with E-state index in [2.05, 4.69) is 15.5 Å². The van der Waals surface area contributed by atoms with E-state index in [0.717, 1.165) is 42.9 Å². The van der Waals surface area contributed by atoms with Gasteiger partial charge in [-0.05, 0) is 55.7 Å². The second kappa shape index (κ2) is 10.6. The van der Waals surface area contributed by atoms with Crippen LogP contribution in [0.4, 0.5) is 21.9 Å². The minimum atomic E-state index is -0.115. The molecule has 34 heavy (non-hydrogen) atoms. The summed E-state index contributed by atoms with van der Waals surface area (Å²) in [5.41, 5.74) is 3.97. The van der Waals surface area contributed by atoms with Gasteiger partial charge in [-0.3, -0.25) is 9.59 Å². The van der Waals surface area contributed by atoms with Gasteiger partial charge in [-0.15, -0.1) is 0 Å². The van der Waals surface area contributed by atoms with Gasteiger partial charge >= 0.3 is 6.03 Å². The normalized spacial score (nSPS) is 15.9. The van der Waals surface area contributed by atoms with E-state index in [0.29, 0.717) is 43.9 Å². The van der Waals surface area contributed by atoms with Crippen molar-refractivity contribution in [2.75, 3.05) is 54.8 Å². The van der Waals surface area contributed by atoms with E-state index in [1.54, 1.807) is 17.9 Å². The highest BCUT2D eigenvalue weighted by molar-refractivity contribution is 6.02. The van der Waals surface area contributed by atoms with Crippen LogP contribution in [-0.4, -0.2) is 66.9 Å². The number of nitrogens with one attached hydrogen (secondary N) is 2. The first-order valence-corrected chi connectivity index (χ1v) is 12.1. The Morgan fingerprint density at radius 1 is 0.824 bits per heavy atom. The van der Waals surface area contributed by atoms with Gasteiger partial charge in [0.1, 0.15) is 0 Å². The van der Waals surface area contributed by atoms with E-state index in [4.69, 9.17) is 0 Å². The Morgan fingerprint density at radius 3 is 2.21 bits per heavy atom. The molecule has 0 saturated carbocycles. The number of carbonyl (C=O) groups excluding carboxylic acids is 3. The van der Waals surface area contributed by atoms with Crippen molar-refractivity contribution < 1.29 is 14.4 Å². The molecule has 2 fully saturated rings. The molecule has 8 heteroatoms. The molecule has 0 atom stereocenters. The fourth-order valence-corrected chi connectivity index (χ4v) is 4.48. The minimum absolute atomic E-state index is 0.000262. The SMILES string of the molecule is CCC(=O)Nc1ccc(N2CCN(C(=O)Nc3cccc(C)c3)CC2)c(C(=O)N2CCCC2)c1. The van der Waals surface area contributed by atoms with Crippen LogP contribution in [-0.2, 0) is 4.79 Å². The molecule has 2 aromatic carbocycles. The molecule has 2 N–H and O–H groups in total. The monoisotopic (exact) mass is 463 g/mol. The smallest absolute Gasteiger partial charge is 0.321 e. The number of aryl methyl sites for hydroxylation is 1. The Bertz CT molecular complexity index is 1060. The van der Waals surface area contributed by atoms with Crippen LogP contribution in [0, 0.1) is 6.92 Å². The molecule has 4 amide bonds. The molecule has 0 radical (unpaired) electrons. The first-order valence-electron chi connectivity index (χ1n) is 12.1. The highest BCUT2D eigenvalue weighted by Gasteiger charge is 2.27. The number of piperazine rings is 1. The second-order valence-electron chi connectivity index (χ2n) is 8.91. The Balaban J connectivity index is 1.47. The highest BCUT2D eigenvalue weighted by Crippen LogP contribution is 2.28. The van der Waals surface area contributed by atoms with Crippen molar-refractivity contribution in [2.24, 2.45) is 0 Å². The maximum Gasteiger partial charge on any atom is 0.321 e. The largest absolute Gasteiger partial charge is 0.367 e. The summed E-state index contributed by atoms with van der Waals surface area (Å²) in [6, 6.07) is 13.2. The molecular weight excluding hydrogens is 430 g/mol. The summed E-state index contributed by atoms with van der Waals surface area (Å²) in [4.78, 5) is 43.8. The third-order valence-corrected chi connectivity index (χ3v) is 6.40. The Morgan fingerprint density at radius 2 is 1.53 bits per heavy atom. The van der Waals surface area contributed by atoms with Crippen LogP contribution < -0.4 is 15.5 Å². The Labute approximate surface area is 200 Å². The number of urea groups is 1. The maximum atomic E-state index is 13.3. The lowest BCUT2D eigenvalue weighted by Crippen LogP contribution is -2.50. The number of nitrogens with zero attached hydrogens (tertiary/aromatic N) is 3. The van der Waals surface area contributed by atoms with Crippen LogP contribution >= 0.6 is 0 Å². The van der Waals surface area contributed by atoms with Gasteiger partial charge in [0, 0.05) is 62.8 Å². The number of amides is 4. The first kappa shape index (κ1) is 23.6. The zero-order valence-corrected chi connectivity index (χ0v) is 20.0. The molecule has 0 aliphatic carbocycles. The van der Waals surface area contributed by atoms with Gasteiger partial charge in [0.05, 0.1) is 5.56 Å². The van der Waals surface area contributed by atoms with Crippen molar-refractivity contribution >= 4 is 34.9 Å².